The van der Waals surface area contributed by atoms with E-state index in [0.717, 1.165) is 38.4 Å². The maximum absolute atomic E-state index is 4.32. The fourth-order valence-electron chi connectivity index (χ4n) is 1.45. The van der Waals surface area contributed by atoms with Crippen LogP contribution in [0.5, 0.6) is 0 Å². The normalized spacial score (nSPS) is 20.3. The first-order valence-electron chi connectivity index (χ1n) is 5.15. The van der Waals surface area contributed by atoms with Crippen LogP contribution in [0.2, 0.25) is 0 Å². The van der Waals surface area contributed by atoms with Gasteiger partial charge in [0.05, 0.1) is 12.0 Å². The molecular formula is C10H20N4. The first-order chi connectivity index (χ1) is 6.86. The Labute approximate surface area is 86.1 Å². The van der Waals surface area contributed by atoms with Gasteiger partial charge in [-0.2, -0.15) is 0 Å². The average Bonchev–Trinajstić information content (AvgIpc) is 2.25. The molecular weight excluding hydrogens is 176 g/mol. The molecule has 80 valence electrons. The number of hydrogen-bond acceptors (Lipinski definition) is 3. The molecule has 1 fully saturated rings. The molecule has 4 heteroatoms. The molecule has 14 heavy (non-hydrogen) atoms. The van der Waals surface area contributed by atoms with Gasteiger partial charge in [0.25, 0.3) is 0 Å². The smallest absolute Gasteiger partial charge is 0.0880 e. The zero-order valence-corrected chi connectivity index (χ0v) is 9.08. The number of rotatable bonds is 4. The summed E-state index contributed by atoms with van der Waals surface area (Å²) in [6.07, 6.45) is 3.80. The van der Waals surface area contributed by atoms with Gasteiger partial charge in [-0.05, 0) is 6.92 Å². The Hall–Kier alpha value is -0.870. The largest absolute Gasteiger partial charge is 0.379 e. The van der Waals surface area contributed by atoms with Crippen LogP contribution in [-0.2, 0) is 0 Å². The molecule has 0 aromatic rings. The van der Waals surface area contributed by atoms with Crippen LogP contribution in [0.3, 0.4) is 0 Å². The molecule has 0 aromatic carbocycles. The van der Waals surface area contributed by atoms with E-state index >= 15 is 0 Å². The van der Waals surface area contributed by atoms with Crippen molar-refractivity contribution in [2.45, 2.75) is 6.92 Å². The molecule has 4 nitrogen and oxygen atoms in total. The van der Waals surface area contributed by atoms with Crippen LogP contribution in [0.25, 0.3) is 0 Å². The van der Waals surface area contributed by atoms with E-state index < -0.39 is 0 Å². The van der Waals surface area contributed by atoms with Crippen molar-refractivity contribution in [1.29, 1.82) is 0 Å². The highest BCUT2D eigenvalue weighted by molar-refractivity contribution is 5.55. The molecule has 0 spiro atoms. The molecule has 1 aliphatic rings. The van der Waals surface area contributed by atoms with Gasteiger partial charge in [0.2, 0.25) is 0 Å². The van der Waals surface area contributed by atoms with Crippen molar-refractivity contribution >= 4 is 6.34 Å². The van der Waals surface area contributed by atoms with Gasteiger partial charge in [0.15, 0.2) is 0 Å². The number of piperazine rings is 1. The first-order valence-corrected chi connectivity index (χ1v) is 5.15. The lowest BCUT2D eigenvalue weighted by Crippen LogP contribution is -2.44. The maximum atomic E-state index is 4.32. The van der Waals surface area contributed by atoms with E-state index in [-0.39, 0.29) is 0 Å². The molecule has 2 N–H and O–H groups in total. The van der Waals surface area contributed by atoms with Crippen LogP contribution < -0.4 is 10.6 Å². The second kappa shape index (κ2) is 6.56. The van der Waals surface area contributed by atoms with Crippen LogP contribution in [0.15, 0.2) is 16.8 Å². The second-order valence-electron chi connectivity index (χ2n) is 3.35. The minimum Gasteiger partial charge on any atom is -0.379 e. The second-order valence-corrected chi connectivity index (χ2v) is 3.35. The summed E-state index contributed by atoms with van der Waals surface area (Å²) in [6.45, 7) is 7.40. The van der Waals surface area contributed by atoms with Crippen molar-refractivity contribution in [3.63, 3.8) is 0 Å². The molecule has 0 amide bonds. The topological polar surface area (TPSA) is 39.7 Å². The lowest BCUT2D eigenvalue weighted by Gasteiger charge is -2.27. The molecule has 0 aliphatic carbocycles. The molecule has 0 saturated carbocycles. The third-order valence-electron chi connectivity index (χ3n) is 2.29. The minimum atomic E-state index is 0.955. The van der Waals surface area contributed by atoms with Crippen molar-refractivity contribution in [3.8, 4) is 0 Å². The summed E-state index contributed by atoms with van der Waals surface area (Å²) in [6, 6.07) is 0. The standard InChI is InChI=1S/C10H20N4/c1-3-10(13-9-11-2)8-14-6-4-12-5-7-14/h3,9,12H,4-8H2,1-2H3,(H,11,13)/b10-3-. The van der Waals surface area contributed by atoms with E-state index in [2.05, 4.69) is 26.6 Å². The summed E-state index contributed by atoms with van der Waals surface area (Å²) in [5.74, 6) is 0. The molecule has 1 heterocycles. The monoisotopic (exact) mass is 196 g/mol. The Morgan fingerprint density at radius 1 is 1.50 bits per heavy atom. The third-order valence-corrected chi connectivity index (χ3v) is 2.29. The van der Waals surface area contributed by atoms with E-state index in [0.29, 0.717) is 0 Å². The van der Waals surface area contributed by atoms with Crippen molar-refractivity contribution in [3.05, 3.63) is 11.8 Å². The molecule has 0 bridgehead atoms. The molecule has 1 aliphatic heterocycles. The lowest BCUT2D eigenvalue weighted by molar-refractivity contribution is 0.259. The summed E-state index contributed by atoms with van der Waals surface area (Å²) in [7, 11) is 1.86. The van der Waals surface area contributed by atoms with Crippen molar-refractivity contribution in [2.75, 3.05) is 39.8 Å². The fourth-order valence-corrected chi connectivity index (χ4v) is 1.45. The predicted molar refractivity (Wildman–Crippen MR) is 60.6 cm³/mol. The van der Waals surface area contributed by atoms with E-state index in [1.807, 2.05) is 14.0 Å². The molecule has 1 rings (SSSR count). The van der Waals surface area contributed by atoms with Gasteiger partial charge in [0, 0.05) is 39.8 Å². The van der Waals surface area contributed by atoms with E-state index in [4.69, 9.17) is 0 Å². The van der Waals surface area contributed by atoms with Gasteiger partial charge in [-0.25, -0.2) is 4.99 Å². The van der Waals surface area contributed by atoms with Crippen LogP contribution in [0.1, 0.15) is 6.92 Å². The summed E-state index contributed by atoms with van der Waals surface area (Å²) >= 11 is 0. The highest BCUT2D eigenvalue weighted by Crippen LogP contribution is 2.01. The van der Waals surface area contributed by atoms with E-state index in [9.17, 15) is 0 Å². The minimum absolute atomic E-state index is 0.955. The molecule has 0 radical (unpaired) electrons. The highest BCUT2D eigenvalue weighted by Gasteiger charge is 2.09. The Balaban J connectivity index is 2.35. The zero-order chi connectivity index (χ0) is 10.2. The van der Waals surface area contributed by atoms with Gasteiger partial charge < -0.3 is 10.6 Å². The van der Waals surface area contributed by atoms with Gasteiger partial charge in [-0.15, -0.1) is 0 Å². The van der Waals surface area contributed by atoms with Crippen LogP contribution in [0, 0.1) is 0 Å². The van der Waals surface area contributed by atoms with Gasteiger partial charge >= 0.3 is 0 Å². The van der Waals surface area contributed by atoms with E-state index in [1.165, 1.54) is 0 Å². The molecule has 1 saturated heterocycles. The molecule has 0 unspecified atom stereocenters. The summed E-state index contributed by atoms with van der Waals surface area (Å²) in [4.78, 5) is 6.73. The number of hydrogen-bond donors (Lipinski definition) is 2. The Morgan fingerprint density at radius 3 is 2.79 bits per heavy atom. The highest BCUT2D eigenvalue weighted by atomic mass is 15.2. The quantitative estimate of drug-likeness (QED) is 0.493. The van der Waals surface area contributed by atoms with Gasteiger partial charge in [-0.1, -0.05) is 6.08 Å². The zero-order valence-electron chi connectivity index (χ0n) is 9.08. The van der Waals surface area contributed by atoms with E-state index in [1.54, 1.807) is 6.34 Å². The lowest BCUT2D eigenvalue weighted by atomic mass is 10.3. The van der Waals surface area contributed by atoms with Crippen molar-refractivity contribution in [1.82, 2.24) is 15.5 Å². The average molecular weight is 196 g/mol. The maximum Gasteiger partial charge on any atom is 0.0880 e. The Bertz CT molecular complexity index is 204. The van der Waals surface area contributed by atoms with Crippen LogP contribution in [-0.4, -0.2) is 51.0 Å². The number of nitrogens with zero attached hydrogens (tertiary/aromatic N) is 2. The van der Waals surface area contributed by atoms with Crippen molar-refractivity contribution < 1.29 is 0 Å². The summed E-state index contributed by atoms with van der Waals surface area (Å²) < 4.78 is 0. The van der Waals surface area contributed by atoms with Crippen molar-refractivity contribution in [2.24, 2.45) is 4.99 Å². The Kier molecular flexibility index (Phi) is 5.25. The van der Waals surface area contributed by atoms with Gasteiger partial charge in [-0.3, -0.25) is 4.90 Å². The SMILES string of the molecule is C/C=C(CN1CCNCC1)\N=C/NC. The van der Waals surface area contributed by atoms with Crippen LogP contribution >= 0.6 is 0 Å². The van der Waals surface area contributed by atoms with Crippen LogP contribution in [0.4, 0.5) is 0 Å². The first kappa shape index (κ1) is 11.2. The Morgan fingerprint density at radius 2 is 2.21 bits per heavy atom. The predicted octanol–water partition coefficient (Wildman–Crippen LogP) is 0.0431. The molecule has 0 aromatic heterocycles. The summed E-state index contributed by atoms with van der Waals surface area (Å²) in [5, 5.41) is 6.24. The third kappa shape index (κ3) is 3.89. The van der Waals surface area contributed by atoms with Gasteiger partial charge in [0.1, 0.15) is 0 Å². The fraction of sp³-hybridized carbons (Fsp3) is 0.700. The number of nitrogens with one attached hydrogen (secondary N) is 2. The number of aliphatic imine (C=N–C) groups is 1. The number of allylic oxidation sites excluding steroid dienone is 1. The molecule has 0 atom stereocenters. The summed E-state index contributed by atoms with van der Waals surface area (Å²) in [5.41, 5.74) is 1.13.